The fourth-order valence-corrected chi connectivity index (χ4v) is 2.97. The molecule has 0 radical (unpaired) electrons. The monoisotopic (exact) mass is 303 g/mol. The molecule has 3 aromatic rings. The molecule has 1 N–H and O–H groups in total. The molecule has 108 valence electrons. The van der Waals surface area contributed by atoms with Gasteiger partial charge in [0.05, 0.1) is 5.52 Å². The Morgan fingerprint density at radius 2 is 2.05 bits per heavy atom. The second-order valence-electron chi connectivity index (χ2n) is 5.18. The summed E-state index contributed by atoms with van der Waals surface area (Å²) < 4.78 is 6.99. The van der Waals surface area contributed by atoms with E-state index in [-0.39, 0.29) is 0 Å². The molecule has 0 spiro atoms. The van der Waals surface area contributed by atoms with Gasteiger partial charge in [-0.1, -0.05) is 28.9 Å². The van der Waals surface area contributed by atoms with E-state index in [0.29, 0.717) is 17.1 Å². The smallest absolute Gasteiger partial charge is 0.317 e. The molecule has 0 atom stereocenters. The van der Waals surface area contributed by atoms with Crippen molar-refractivity contribution >= 4 is 22.5 Å². The highest BCUT2D eigenvalue weighted by atomic mass is 35.5. The van der Waals surface area contributed by atoms with E-state index in [1.807, 2.05) is 24.3 Å². The third-order valence-corrected chi connectivity index (χ3v) is 4.14. The van der Waals surface area contributed by atoms with Gasteiger partial charge >= 0.3 is 6.01 Å². The maximum absolute atomic E-state index is 6.15. The summed E-state index contributed by atoms with van der Waals surface area (Å²) in [5, 5.41) is 13.0. The maximum atomic E-state index is 6.15. The Labute approximate surface area is 126 Å². The van der Waals surface area contributed by atoms with Crippen LogP contribution in [-0.4, -0.2) is 33.0 Å². The quantitative estimate of drug-likeness (QED) is 0.788. The van der Waals surface area contributed by atoms with E-state index in [0.717, 1.165) is 42.7 Å². The van der Waals surface area contributed by atoms with Crippen molar-refractivity contribution in [3.63, 3.8) is 0 Å². The Hall–Kier alpha value is -1.92. The summed E-state index contributed by atoms with van der Waals surface area (Å²) in [6.07, 6.45) is 2.05. The van der Waals surface area contributed by atoms with Crippen molar-refractivity contribution in [3.05, 3.63) is 35.2 Å². The van der Waals surface area contributed by atoms with E-state index in [4.69, 9.17) is 16.1 Å². The minimum atomic E-state index is 0.348. The van der Waals surface area contributed by atoms with Crippen LogP contribution >= 0.6 is 11.6 Å². The first kappa shape index (κ1) is 12.8. The van der Waals surface area contributed by atoms with Crippen molar-refractivity contribution in [1.82, 2.24) is 25.2 Å². The molecule has 21 heavy (non-hydrogen) atoms. The number of aromatic nitrogens is 4. The summed E-state index contributed by atoms with van der Waals surface area (Å²) in [7, 11) is 0. The first-order valence-electron chi connectivity index (χ1n) is 7.01. The molecule has 2 aromatic heterocycles. The van der Waals surface area contributed by atoms with Crippen LogP contribution in [0.15, 0.2) is 28.8 Å². The largest absolute Gasteiger partial charge is 0.349 e. The van der Waals surface area contributed by atoms with Gasteiger partial charge in [-0.3, -0.25) is 0 Å². The zero-order valence-corrected chi connectivity index (χ0v) is 12.0. The van der Waals surface area contributed by atoms with Crippen LogP contribution < -0.4 is 5.32 Å². The molecule has 0 bridgehead atoms. The van der Waals surface area contributed by atoms with Crippen molar-refractivity contribution < 1.29 is 4.52 Å². The van der Waals surface area contributed by atoms with Crippen LogP contribution in [0.3, 0.4) is 0 Å². The Morgan fingerprint density at radius 3 is 2.90 bits per heavy atom. The molecule has 0 amide bonds. The summed E-state index contributed by atoms with van der Waals surface area (Å²) in [5.74, 6) is 1.10. The van der Waals surface area contributed by atoms with Gasteiger partial charge in [0.25, 0.3) is 0 Å². The molecule has 4 rings (SSSR count). The summed E-state index contributed by atoms with van der Waals surface area (Å²) in [6, 6.07) is 8.08. The van der Waals surface area contributed by atoms with E-state index >= 15 is 0 Å². The highest BCUT2D eigenvalue weighted by Gasteiger charge is 2.22. The lowest BCUT2D eigenvalue weighted by Gasteiger charge is -2.18. The van der Waals surface area contributed by atoms with Crippen LogP contribution in [0.5, 0.6) is 0 Å². The second-order valence-corrected chi connectivity index (χ2v) is 5.54. The SMILES string of the molecule is Clc1nn(-c2nc(C3CCNCC3)no2)c2ccccc12. The lowest BCUT2D eigenvalue weighted by atomic mass is 9.98. The minimum absolute atomic E-state index is 0.348. The summed E-state index contributed by atoms with van der Waals surface area (Å²) in [4.78, 5) is 4.50. The van der Waals surface area contributed by atoms with Gasteiger partial charge in [-0.2, -0.15) is 14.8 Å². The first-order valence-corrected chi connectivity index (χ1v) is 7.38. The average molecular weight is 304 g/mol. The molecule has 1 aromatic carbocycles. The molecular formula is C14H14ClN5O. The topological polar surface area (TPSA) is 68.8 Å². The van der Waals surface area contributed by atoms with Crippen molar-refractivity contribution in [2.45, 2.75) is 18.8 Å². The minimum Gasteiger partial charge on any atom is -0.317 e. The van der Waals surface area contributed by atoms with Crippen LogP contribution in [0.1, 0.15) is 24.6 Å². The predicted octanol–water partition coefficient (Wildman–Crippen LogP) is 2.53. The molecule has 3 heterocycles. The van der Waals surface area contributed by atoms with E-state index in [1.165, 1.54) is 0 Å². The summed E-state index contributed by atoms with van der Waals surface area (Å²) in [6.45, 7) is 1.98. The number of piperidine rings is 1. The normalized spacial score (nSPS) is 16.6. The average Bonchev–Trinajstić information content (AvgIpc) is 3.14. The number of fused-ring (bicyclic) bond motifs is 1. The molecular weight excluding hydrogens is 290 g/mol. The van der Waals surface area contributed by atoms with Gasteiger partial charge < -0.3 is 9.84 Å². The zero-order chi connectivity index (χ0) is 14.2. The predicted molar refractivity (Wildman–Crippen MR) is 78.8 cm³/mol. The standard InChI is InChI=1S/C14H14ClN5O/c15-12-10-3-1-2-4-11(10)20(18-12)14-17-13(19-21-14)9-5-7-16-8-6-9/h1-4,9,16H,5-8H2. The molecule has 6 nitrogen and oxygen atoms in total. The van der Waals surface area contributed by atoms with Gasteiger partial charge in [0.15, 0.2) is 11.0 Å². The van der Waals surface area contributed by atoms with E-state index in [2.05, 4.69) is 20.6 Å². The lowest BCUT2D eigenvalue weighted by Crippen LogP contribution is -2.27. The third kappa shape index (κ3) is 2.20. The van der Waals surface area contributed by atoms with Crippen molar-refractivity contribution in [2.24, 2.45) is 0 Å². The molecule has 0 aliphatic carbocycles. The van der Waals surface area contributed by atoms with Gasteiger partial charge in [0.2, 0.25) is 0 Å². The number of nitrogens with zero attached hydrogens (tertiary/aromatic N) is 4. The summed E-state index contributed by atoms with van der Waals surface area (Å²) in [5.41, 5.74) is 0.864. The number of hydrogen-bond acceptors (Lipinski definition) is 5. The van der Waals surface area contributed by atoms with Crippen molar-refractivity contribution in [1.29, 1.82) is 0 Å². The maximum Gasteiger partial charge on any atom is 0.349 e. The van der Waals surface area contributed by atoms with Crippen molar-refractivity contribution in [2.75, 3.05) is 13.1 Å². The Morgan fingerprint density at radius 1 is 1.24 bits per heavy atom. The highest BCUT2D eigenvalue weighted by Crippen LogP contribution is 2.27. The number of rotatable bonds is 2. The first-order chi connectivity index (χ1) is 10.3. The van der Waals surface area contributed by atoms with E-state index in [1.54, 1.807) is 4.68 Å². The van der Waals surface area contributed by atoms with Crippen LogP contribution in [0.4, 0.5) is 0 Å². The molecule has 1 aliphatic heterocycles. The van der Waals surface area contributed by atoms with Gasteiger partial charge in [-0.25, -0.2) is 0 Å². The zero-order valence-electron chi connectivity index (χ0n) is 11.3. The van der Waals surface area contributed by atoms with Crippen LogP contribution in [0.2, 0.25) is 5.15 Å². The van der Waals surface area contributed by atoms with E-state index in [9.17, 15) is 0 Å². The van der Waals surface area contributed by atoms with Gasteiger partial charge in [-0.15, -0.1) is 0 Å². The number of hydrogen-bond donors (Lipinski definition) is 1. The second kappa shape index (κ2) is 5.13. The molecule has 0 saturated carbocycles. The third-order valence-electron chi connectivity index (χ3n) is 3.86. The molecule has 0 unspecified atom stereocenters. The molecule has 1 aliphatic rings. The lowest BCUT2D eigenvalue weighted by molar-refractivity contribution is 0.374. The number of para-hydroxylation sites is 1. The summed E-state index contributed by atoms with van der Waals surface area (Å²) >= 11 is 6.15. The van der Waals surface area contributed by atoms with Gasteiger partial charge in [-0.05, 0) is 38.1 Å². The molecule has 7 heteroatoms. The molecule has 1 fully saturated rings. The van der Waals surface area contributed by atoms with Crippen LogP contribution in [0.25, 0.3) is 16.9 Å². The number of nitrogens with one attached hydrogen (secondary N) is 1. The van der Waals surface area contributed by atoms with Gasteiger partial charge in [0, 0.05) is 11.3 Å². The molecule has 1 saturated heterocycles. The Balaban J connectivity index is 1.74. The van der Waals surface area contributed by atoms with Gasteiger partial charge in [0.1, 0.15) is 0 Å². The Kier molecular flexibility index (Phi) is 3.12. The number of benzene rings is 1. The highest BCUT2D eigenvalue weighted by molar-refractivity contribution is 6.34. The van der Waals surface area contributed by atoms with Crippen molar-refractivity contribution in [3.8, 4) is 6.01 Å². The Bertz CT molecular complexity index is 775. The fraction of sp³-hybridized carbons (Fsp3) is 0.357. The van der Waals surface area contributed by atoms with Crippen LogP contribution in [0, 0.1) is 0 Å². The number of halogens is 1. The fourth-order valence-electron chi connectivity index (χ4n) is 2.73. The van der Waals surface area contributed by atoms with E-state index < -0.39 is 0 Å². The van der Waals surface area contributed by atoms with Crippen LogP contribution in [-0.2, 0) is 0 Å².